The van der Waals surface area contributed by atoms with Crippen molar-refractivity contribution in [3.63, 3.8) is 0 Å². The van der Waals surface area contributed by atoms with Gasteiger partial charge < -0.3 is 5.32 Å². The zero-order valence-electron chi connectivity index (χ0n) is 17.8. The first-order valence-corrected chi connectivity index (χ1v) is 12.1. The fourth-order valence-electron chi connectivity index (χ4n) is 3.22. The third-order valence-corrected chi connectivity index (χ3v) is 6.86. The maximum Gasteiger partial charge on any atom is 0.283 e. The second kappa shape index (κ2) is 9.05. The lowest BCUT2D eigenvalue weighted by atomic mass is 10.1. The number of sulfonamides is 1. The Hall–Kier alpha value is -3.47. The fourth-order valence-corrected chi connectivity index (χ4v) is 4.53. The Morgan fingerprint density at radius 3 is 2.24 bits per heavy atom. The topological polar surface area (TPSA) is 121 Å². The molecule has 174 valence electrons. The molecule has 2 amide bonds. The molecular formula is C22H17Cl2N5O4S. The van der Waals surface area contributed by atoms with Crippen LogP contribution in [0.3, 0.4) is 0 Å². The molecule has 0 spiro atoms. The van der Waals surface area contributed by atoms with Crippen LogP contribution in [0.4, 0.5) is 17.2 Å². The van der Waals surface area contributed by atoms with Crippen molar-refractivity contribution in [1.82, 2.24) is 10.2 Å². The molecule has 3 aromatic rings. The Balaban J connectivity index is 1.54. The monoisotopic (exact) mass is 517 g/mol. The van der Waals surface area contributed by atoms with Crippen LogP contribution in [0.2, 0.25) is 5.15 Å². The summed E-state index contributed by atoms with van der Waals surface area (Å²) in [6, 6.07) is 13.7. The number of hydrogen-bond acceptors (Lipinski definition) is 7. The second-order valence-corrected chi connectivity index (χ2v) is 9.87. The number of aromatic nitrogens is 2. The van der Waals surface area contributed by atoms with Crippen LogP contribution in [0.5, 0.6) is 0 Å². The highest BCUT2D eigenvalue weighted by molar-refractivity contribution is 7.92. The summed E-state index contributed by atoms with van der Waals surface area (Å²) < 4.78 is 27.5. The largest absolute Gasteiger partial charge is 0.350 e. The molecule has 0 fully saturated rings. The lowest BCUT2D eigenvalue weighted by molar-refractivity contribution is -0.120. The number of imide groups is 1. The van der Waals surface area contributed by atoms with E-state index in [0.717, 1.165) is 16.0 Å². The molecule has 34 heavy (non-hydrogen) atoms. The fraction of sp³-hybridized carbons (Fsp3) is 0.0909. The number of nitrogens with zero attached hydrogens (tertiary/aromatic N) is 3. The van der Waals surface area contributed by atoms with Gasteiger partial charge >= 0.3 is 0 Å². The van der Waals surface area contributed by atoms with Crippen molar-refractivity contribution in [3.8, 4) is 0 Å². The van der Waals surface area contributed by atoms with Crippen LogP contribution >= 0.6 is 23.2 Å². The van der Waals surface area contributed by atoms with Crippen molar-refractivity contribution < 1.29 is 18.0 Å². The molecule has 0 saturated carbocycles. The number of carbonyl (C=O) groups is 2. The first-order valence-electron chi connectivity index (χ1n) is 9.82. The van der Waals surface area contributed by atoms with Gasteiger partial charge in [0.25, 0.3) is 21.8 Å². The summed E-state index contributed by atoms with van der Waals surface area (Å²) in [5.41, 5.74) is 2.34. The molecule has 0 unspecified atom stereocenters. The third-order valence-electron chi connectivity index (χ3n) is 4.94. The minimum atomic E-state index is -3.94. The quantitative estimate of drug-likeness (QED) is 0.474. The maximum atomic E-state index is 13.0. The molecular weight excluding hydrogens is 501 g/mol. The molecule has 12 heteroatoms. The third kappa shape index (κ3) is 4.60. The van der Waals surface area contributed by atoms with Crippen molar-refractivity contribution in [2.45, 2.75) is 18.7 Å². The summed E-state index contributed by atoms with van der Waals surface area (Å²) in [6.07, 6.45) is 0. The Labute approximate surface area is 205 Å². The highest BCUT2D eigenvalue weighted by Gasteiger charge is 2.39. The predicted octanol–water partition coefficient (Wildman–Crippen LogP) is 3.98. The lowest BCUT2D eigenvalue weighted by Gasteiger charge is -2.18. The SMILES string of the molecule is Cc1ccc(C)c(N2C(=O)C(Cl)=C(Nc3ccc(S(=O)(=O)Nc4ccc(Cl)nn4)cc3)C2=O)c1. The van der Waals surface area contributed by atoms with Gasteiger partial charge in [-0.15, -0.1) is 10.2 Å². The van der Waals surface area contributed by atoms with Gasteiger partial charge in [-0.25, -0.2) is 13.3 Å². The molecule has 0 aliphatic carbocycles. The van der Waals surface area contributed by atoms with Gasteiger partial charge in [0.15, 0.2) is 11.0 Å². The minimum absolute atomic E-state index is 0.00476. The van der Waals surface area contributed by atoms with Crippen molar-refractivity contribution >= 4 is 62.2 Å². The van der Waals surface area contributed by atoms with E-state index >= 15 is 0 Å². The van der Waals surface area contributed by atoms with Gasteiger partial charge in [0, 0.05) is 5.69 Å². The molecule has 2 N–H and O–H groups in total. The van der Waals surface area contributed by atoms with Crippen LogP contribution < -0.4 is 14.9 Å². The molecule has 2 heterocycles. The maximum absolute atomic E-state index is 13.0. The van der Waals surface area contributed by atoms with E-state index in [9.17, 15) is 18.0 Å². The average Bonchev–Trinajstić information content (AvgIpc) is 3.00. The number of halogens is 2. The van der Waals surface area contributed by atoms with E-state index in [2.05, 4.69) is 20.2 Å². The van der Waals surface area contributed by atoms with Crippen LogP contribution in [-0.4, -0.2) is 30.4 Å². The predicted molar refractivity (Wildman–Crippen MR) is 129 cm³/mol. The first-order chi connectivity index (χ1) is 16.1. The summed E-state index contributed by atoms with van der Waals surface area (Å²) in [5, 5.41) is 9.94. The molecule has 1 aliphatic rings. The Morgan fingerprint density at radius 1 is 0.882 bits per heavy atom. The first kappa shape index (κ1) is 23.7. The second-order valence-electron chi connectivity index (χ2n) is 7.42. The van der Waals surface area contributed by atoms with Crippen LogP contribution in [0.15, 0.2) is 70.2 Å². The van der Waals surface area contributed by atoms with Gasteiger partial charge in [-0.1, -0.05) is 35.3 Å². The van der Waals surface area contributed by atoms with E-state index in [4.69, 9.17) is 23.2 Å². The lowest BCUT2D eigenvalue weighted by Crippen LogP contribution is -2.32. The number of nitrogens with one attached hydrogen (secondary N) is 2. The van der Waals surface area contributed by atoms with E-state index in [1.807, 2.05) is 19.1 Å². The van der Waals surface area contributed by atoms with E-state index in [1.165, 1.54) is 36.4 Å². The van der Waals surface area contributed by atoms with Crippen molar-refractivity contribution in [2.24, 2.45) is 0 Å². The highest BCUT2D eigenvalue weighted by Crippen LogP contribution is 2.32. The standard InChI is InChI=1S/C22H17Cl2N5O4S/c1-12-3-4-13(2)16(11-12)29-21(30)19(24)20(22(29)31)25-14-5-7-15(8-6-14)34(32,33)28-18-10-9-17(23)26-27-18/h3-11,25H,1-2H3,(H,27,28). The number of amides is 2. The molecule has 1 aromatic heterocycles. The smallest absolute Gasteiger partial charge is 0.283 e. The minimum Gasteiger partial charge on any atom is -0.350 e. The number of aryl methyl sites for hydroxylation is 2. The summed E-state index contributed by atoms with van der Waals surface area (Å²) in [6.45, 7) is 3.64. The Kier molecular flexibility index (Phi) is 6.30. The molecule has 0 bridgehead atoms. The van der Waals surface area contributed by atoms with E-state index in [0.29, 0.717) is 11.4 Å². The molecule has 0 radical (unpaired) electrons. The normalized spacial score (nSPS) is 14.1. The molecule has 2 aromatic carbocycles. The van der Waals surface area contributed by atoms with Gasteiger partial charge in [-0.3, -0.25) is 14.3 Å². The van der Waals surface area contributed by atoms with Crippen molar-refractivity contribution in [1.29, 1.82) is 0 Å². The zero-order chi connectivity index (χ0) is 24.6. The Bertz CT molecular complexity index is 1440. The van der Waals surface area contributed by atoms with Gasteiger partial charge in [0.2, 0.25) is 0 Å². The van der Waals surface area contributed by atoms with Crippen LogP contribution in [-0.2, 0) is 19.6 Å². The number of benzene rings is 2. The number of rotatable bonds is 6. The number of carbonyl (C=O) groups excluding carboxylic acids is 2. The highest BCUT2D eigenvalue weighted by atomic mass is 35.5. The molecule has 0 saturated heterocycles. The zero-order valence-corrected chi connectivity index (χ0v) is 20.2. The van der Waals surface area contributed by atoms with E-state index in [-0.39, 0.29) is 26.6 Å². The number of anilines is 3. The van der Waals surface area contributed by atoms with Gasteiger partial charge in [0.1, 0.15) is 10.7 Å². The van der Waals surface area contributed by atoms with Crippen molar-refractivity contribution in [2.75, 3.05) is 14.9 Å². The molecule has 1 aliphatic heterocycles. The van der Waals surface area contributed by atoms with Gasteiger partial charge in [0.05, 0.1) is 10.6 Å². The van der Waals surface area contributed by atoms with E-state index in [1.54, 1.807) is 13.0 Å². The summed E-state index contributed by atoms with van der Waals surface area (Å²) in [5.74, 6) is -1.25. The van der Waals surface area contributed by atoms with E-state index < -0.39 is 21.8 Å². The summed E-state index contributed by atoms with van der Waals surface area (Å²) >= 11 is 11.8. The van der Waals surface area contributed by atoms with Crippen LogP contribution in [0, 0.1) is 13.8 Å². The van der Waals surface area contributed by atoms with Crippen LogP contribution in [0.1, 0.15) is 11.1 Å². The summed E-state index contributed by atoms with van der Waals surface area (Å²) in [7, 11) is -3.94. The molecule has 0 atom stereocenters. The molecule has 9 nitrogen and oxygen atoms in total. The summed E-state index contributed by atoms with van der Waals surface area (Å²) in [4.78, 5) is 26.7. The van der Waals surface area contributed by atoms with Crippen molar-refractivity contribution in [3.05, 3.63) is 81.6 Å². The Morgan fingerprint density at radius 2 is 1.59 bits per heavy atom. The van der Waals surface area contributed by atoms with Crippen LogP contribution in [0.25, 0.3) is 0 Å². The number of hydrogen-bond donors (Lipinski definition) is 2. The van der Waals surface area contributed by atoms with Gasteiger partial charge in [-0.2, -0.15) is 0 Å². The van der Waals surface area contributed by atoms with Gasteiger partial charge in [-0.05, 0) is 67.4 Å². The average molecular weight is 518 g/mol. The molecule has 4 rings (SSSR count).